The van der Waals surface area contributed by atoms with Gasteiger partial charge in [-0.15, -0.1) is 0 Å². The monoisotopic (exact) mass is 321 g/mol. The average molecular weight is 322 g/mol. The highest BCUT2D eigenvalue weighted by Crippen LogP contribution is 2.17. The Hall–Kier alpha value is -1.60. The fraction of sp³-hybridized carbons (Fsp3) is 0.333. The van der Waals surface area contributed by atoms with Crippen molar-refractivity contribution < 1.29 is 9.53 Å². The Kier molecular flexibility index (Phi) is 6.91. The van der Waals surface area contributed by atoms with Gasteiger partial charge in [0.25, 0.3) is 0 Å². The van der Waals surface area contributed by atoms with Gasteiger partial charge in [-0.1, -0.05) is 47.8 Å². The minimum atomic E-state index is -0.293. The highest BCUT2D eigenvalue weighted by atomic mass is 79.9. The van der Waals surface area contributed by atoms with Crippen LogP contribution in [0, 0.1) is 11.3 Å². The van der Waals surface area contributed by atoms with E-state index in [0.717, 1.165) is 29.3 Å². The highest BCUT2D eigenvalue weighted by molar-refractivity contribution is 9.10. The number of hydrogen-bond acceptors (Lipinski definition) is 3. The molecule has 0 saturated carbocycles. The molecule has 1 rings (SSSR count). The molecule has 0 radical (unpaired) electrons. The summed E-state index contributed by atoms with van der Waals surface area (Å²) in [6, 6.07) is 9.29. The average Bonchev–Trinajstić information content (AvgIpc) is 2.41. The minimum absolute atomic E-state index is 0.293. The van der Waals surface area contributed by atoms with Crippen molar-refractivity contribution in [3.05, 3.63) is 40.6 Å². The van der Waals surface area contributed by atoms with Gasteiger partial charge >= 0.3 is 5.97 Å². The van der Waals surface area contributed by atoms with E-state index >= 15 is 0 Å². The molecule has 0 amide bonds. The number of benzene rings is 1. The van der Waals surface area contributed by atoms with Crippen molar-refractivity contribution in [2.24, 2.45) is 0 Å². The van der Waals surface area contributed by atoms with E-state index < -0.39 is 0 Å². The second-order valence-electron chi connectivity index (χ2n) is 4.10. The van der Waals surface area contributed by atoms with Crippen LogP contribution in [0.4, 0.5) is 0 Å². The standard InChI is InChI=1S/C15H16BrNO2/c1-2-3-4-5-15(18)19-11-13(10-17)12-6-8-14(16)9-7-12/h6-9,11H,2-5H2,1H3. The van der Waals surface area contributed by atoms with Gasteiger partial charge < -0.3 is 4.74 Å². The molecule has 1 aromatic rings. The molecule has 0 N–H and O–H groups in total. The molecule has 0 aliphatic heterocycles. The van der Waals surface area contributed by atoms with Crippen molar-refractivity contribution in [2.45, 2.75) is 32.6 Å². The molecular formula is C15H16BrNO2. The molecule has 0 saturated heterocycles. The molecule has 0 bridgehead atoms. The lowest BCUT2D eigenvalue weighted by molar-refractivity contribution is -0.138. The second-order valence-corrected chi connectivity index (χ2v) is 5.01. The van der Waals surface area contributed by atoms with Crippen LogP contribution in [0.3, 0.4) is 0 Å². The third kappa shape index (κ3) is 5.71. The fourth-order valence-electron chi connectivity index (χ4n) is 1.49. The summed E-state index contributed by atoms with van der Waals surface area (Å²) in [6.45, 7) is 2.08. The fourth-order valence-corrected chi connectivity index (χ4v) is 1.76. The molecule has 4 heteroatoms. The number of esters is 1. The van der Waals surface area contributed by atoms with Gasteiger partial charge in [0.2, 0.25) is 0 Å². The predicted molar refractivity (Wildman–Crippen MR) is 78.0 cm³/mol. The Balaban J connectivity index is 2.60. The van der Waals surface area contributed by atoms with Crippen LogP contribution in [0.5, 0.6) is 0 Å². The second kappa shape index (κ2) is 8.49. The highest BCUT2D eigenvalue weighted by Gasteiger charge is 2.04. The first kappa shape index (κ1) is 15.5. The molecule has 0 atom stereocenters. The van der Waals surface area contributed by atoms with E-state index in [-0.39, 0.29) is 5.97 Å². The maximum absolute atomic E-state index is 11.4. The van der Waals surface area contributed by atoms with Gasteiger partial charge in [0.1, 0.15) is 12.3 Å². The van der Waals surface area contributed by atoms with Gasteiger partial charge in [0.15, 0.2) is 0 Å². The van der Waals surface area contributed by atoms with Crippen molar-refractivity contribution in [3.63, 3.8) is 0 Å². The smallest absolute Gasteiger partial charge is 0.310 e. The van der Waals surface area contributed by atoms with E-state index in [9.17, 15) is 4.79 Å². The number of rotatable bonds is 6. The van der Waals surface area contributed by atoms with Crippen LogP contribution in [0.2, 0.25) is 0 Å². The Labute approximate surface area is 122 Å². The molecule has 0 unspecified atom stereocenters. The maximum atomic E-state index is 11.4. The first-order valence-electron chi connectivity index (χ1n) is 6.23. The van der Waals surface area contributed by atoms with Crippen molar-refractivity contribution in [1.29, 1.82) is 5.26 Å². The number of hydrogen-bond donors (Lipinski definition) is 0. The summed E-state index contributed by atoms with van der Waals surface area (Å²) in [5, 5.41) is 9.05. The van der Waals surface area contributed by atoms with E-state index in [4.69, 9.17) is 10.00 Å². The molecule has 1 aromatic carbocycles. The van der Waals surface area contributed by atoms with Crippen LogP contribution in [0.15, 0.2) is 35.0 Å². The van der Waals surface area contributed by atoms with E-state index in [1.807, 2.05) is 18.2 Å². The van der Waals surface area contributed by atoms with Crippen LogP contribution in [0.1, 0.15) is 38.2 Å². The van der Waals surface area contributed by atoms with E-state index in [1.165, 1.54) is 6.26 Å². The van der Waals surface area contributed by atoms with Gasteiger partial charge in [-0.05, 0) is 24.1 Å². The first-order chi connectivity index (χ1) is 9.17. The van der Waals surface area contributed by atoms with Gasteiger partial charge in [-0.3, -0.25) is 4.79 Å². The zero-order valence-corrected chi connectivity index (χ0v) is 12.4. The summed E-state index contributed by atoms with van der Waals surface area (Å²) >= 11 is 3.33. The molecule has 3 nitrogen and oxygen atoms in total. The lowest BCUT2D eigenvalue weighted by Gasteiger charge is -2.01. The van der Waals surface area contributed by atoms with Crippen molar-refractivity contribution >= 4 is 27.5 Å². The van der Waals surface area contributed by atoms with Gasteiger partial charge in [-0.2, -0.15) is 5.26 Å². The number of unbranched alkanes of at least 4 members (excludes halogenated alkanes) is 2. The maximum Gasteiger partial charge on any atom is 0.310 e. The number of nitriles is 1. The number of ether oxygens (including phenoxy) is 1. The number of halogens is 1. The zero-order valence-electron chi connectivity index (χ0n) is 10.9. The summed E-state index contributed by atoms with van der Waals surface area (Å²) in [6.07, 6.45) is 4.52. The number of allylic oxidation sites excluding steroid dienone is 1. The zero-order chi connectivity index (χ0) is 14.1. The Morgan fingerprint density at radius 1 is 1.37 bits per heavy atom. The van der Waals surface area contributed by atoms with E-state index in [1.54, 1.807) is 12.1 Å². The van der Waals surface area contributed by atoms with Gasteiger partial charge in [0.05, 0.1) is 5.57 Å². The molecular weight excluding hydrogens is 306 g/mol. The van der Waals surface area contributed by atoms with Crippen LogP contribution >= 0.6 is 15.9 Å². The van der Waals surface area contributed by atoms with E-state index in [2.05, 4.69) is 22.9 Å². The first-order valence-corrected chi connectivity index (χ1v) is 7.02. The molecule has 0 aliphatic carbocycles. The predicted octanol–water partition coefficient (Wildman–Crippen LogP) is 4.44. The minimum Gasteiger partial charge on any atom is -0.433 e. The van der Waals surface area contributed by atoms with Crippen LogP contribution in [-0.2, 0) is 9.53 Å². The lowest BCUT2D eigenvalue weighted by Crippen LogP contribution is -1.99. The molecule has 0 aromatic heterocycles. The molecule has 0 spiro atoms. The number of carbonyl (C=O) groups is 1. The molecule has 0 aliphatic rings. The largest absolute Gasteiger partial charge is 0.433 e. The molecule has 19 heavy (non-hydrogen) atoms. The number of carbonyl (C=O) groups excluding carboxylic acids is 1. The SMILES string of the molecule is CCCCCC(=O)OC=C(C#N)c1ccc(Br)cc1. The number of nitrogens with zero attached hydrogens (tertiary/aromatic N) is 1. The molecule has 0 heterocycles. The van der Waals surface area contributed by atoms with Crippen LogP contribution in [0.25, 0.3) is 5.57 Å². The molecule has 0 fully saturated rings. The van der Waals surface area contributed by atoms with Crippen LogP contribution in [-0.4, -0.2) is 5.97 Å². The van der Waals surface area contributed by atoms with Crippen molar-refractivity contribution in [2.75, 3.05) is 0 Å². The summed E-state index contributed by atoms with van der Waals surface area (Å²) < 4.78 is 5.93. The summed E-state index contributed by atoms with van der Waals surface area (Å²) in [4.78, 5) is 11.4. The van der Waals surface area contributed by atoms with Crippen molar-refractivity contribution in [3.8, 4) is 6.07 Å². The third-order valence-electron chi connectivity index (χ3n) is 2.57. The van der Waals surface area contributed by atoms with Gasteiger partial charge in [0, 0.05) is 10.9 Å². The summed E-state index contributed by atoms with van der Waals surface area (Å²) in [7, 11) is 0. The van der Waals surface area contributed by atoms with Crippen molar-refractivity contribution in [1.82, 2.24) is 0 Å². The van der Waals surface area contributed by atoms with Crippen LogP contribution < -0.4 is 0 Å². The quantitative estimate of drug-likeness (QED) is 0.337. The Morgan fingerprint density at radius 2 is 2.05 bits per heavy atom. The lowest BCUT2D eigenvalue weighted by atomic mass is 10.1. The topological polar surface area (TPSA) is 50.1 Å². The third-order valence-corrected chi connectivity index (χ3v) is 3.10. The summed E-state index contributed by atoms with van der Waals surface area (Å²) in [5.41, 5.74) is 1.07. The normalized spacial score (nSPS) is 10.9. The Morgan fingerprint density at radius 3 is 2.63 bits per heavy atom. The Bertz CT molecular complexity index is 486. The van der Waals surface area contributed by atoms with Gasteiger partial charge in [-0.25, -0.2) is 0 Å². The molecule has 100 valence electrons. The van der Waals surface area contributed by atoms with E-state index in [0.29, 0.717) is 12.0 Å². The summed E-state index contributed by atoms with van der Waals surface area (Å²) in [5.74, 6) is -0.293.